The first-order valence-corrected chi connectivity index (χ1v) is 22.5. The van der Waals surface area contributed by atoms with Crippen molar-refractivity contribution in [1.29, 1.82) is 0 Å². The van der Waals surface area contributed by atoms with Crippen LogP contribution in [-0.4, -0.2) is 70.4 Å². The lowest BCUT2D eigenvalue weighted by Crippen LogP contribution is -2.58. The van der Waals surface area contributed by atoms with Gasteiger partial charge in [-0.2, -0.15) is 0 Å². The van der Waals surface area contributed by atoms with Crippen LogP contribution >= 0.6 is 0 Å². The Balaban J connectivity index is 1.18. The van der Waals surface area contributed by atoms with Gasteiger partial charge in [0.25, 0.3) is 0 Å². The summed E-state index contributed by atoms with van der Waals surface area (Å²) in [6, 6.07) is 0. The molecule has 0 aromatic carbocycles. The molecule has 0 radical (unpaired) electrons. The maximum Gasteiger partial charge on any atom is 0.310 e. The van der Waals surface area contributed by atoms with E-state index >= 15 is 0 Å². The molecule has 3 unspecified atom stereocenters. The molecule has 56 heavy (non-hydrogen) atoms. The van der Waals surface area contributed by atoms with Gasteiger partial charge in [-0.15, -0.1) is 0 Å². The third kappa shape index (κ3) is 10.8. The number of carbonyl (C=O) groups excluding carboxylic acids is 3. The van der Waals surface area contributed by atoms with Crippen LogP contribution < -0.4 is 0 Å². The van der Waals surface area contributed by atoms with Crippen molar-refractivity contribution in [1.82, 2.24) is 0 Å². The van der Waals surface area contributed by atoms with Crippen molar-refractivity contribution in [2.45, 2.75) is 165 Å². The van der Waals surface area contributed by atoms with Gasteiger partial charge in [0.2, 0.25) is 0 Å². The van der Waals surface area contributed by atoms with Gasteiger partial charge in [0.1, 0.15) is 13.2 Å². The van der Waals surface area contributed by atoms with Crippen molar-refractivity contribution in [2.24, 2.45) is 57.2 Å². The highest BCUT2D eigenvalue weighted by Gasteiger charge is 2.67. The third-order valence-corrected chi connectivity index (χ3v) is 15.8. The lowest BCUT2D eigenvalue weighted by molar-refractivity contribution is -0.171. The maximum atomic E-state index is 13.0. The molecule has 0 N–H and O–H groups in total. The molecular weight excluding hydrogens is 709 g/mol. The van der Waals surface area contributed by atoms with Crippen LogP contribution in [0.5, 0.6) is 0 Å². The van der Waals surface area contributed by atoms with Crippen molar-refractivity contribution in [3.8, 4) is 0 Å². The number of allylic oxidation sites excluding steroid dienone is 1. The minimum atomic E-state index is -0.453. The van der Waals surface area contributed by atoms with Gasteiger partial charge in [0, 0.05) is 6.42 Å². The maximum absolute atomic E-state index is 13.0. The largest absolute Gasteiger partial charge is 0.463 e. The first-order chi connectivity index (χ1) is 26.6. The summed E-state index contributed by atoms with van der Waals surface area (Å²) in [4.78, 5) is 36.8. The van der Waals surface area contributed by atoms with E-state index in [2.05, 4.69) is 54.5 Å². The Morgan fingerprint density at radius 2 is 1.45 bits per heavy atom. The Bertz CT molecular complexity index is 1310. The minimum absolute atomic E-state index is 0.0450. The number of fused-ring (bicyclic) bond motifs is 5. The summed E-state index contributed by atoms with van der Waals surface area (Å²) in [7, 11) is 0. The Labute approximate surface area is 340 Å². The van der Waals surface area contributed by atoms with Crippen LogP contribution in [0.3, 0.4) is 0 Å². The predicted molar refractivity (Wildman–Crippen MR) is 220 cm³/mol. The highest BCUT2D eigenvalue weighted by Crippen LogP contribution is 2.75. The van der Waals surface area contributed by atoms with E-state index in [0.29, 0.717) is 55.8 Å². The molecule has 0 spiro atoms. The normalized spacial score (nSPS) is 32.7. The molecule has 322 valence electrons. The fourth-order valence-corrected chi connectivity index (χ4v) is 11.8. The van der Waals surface area contributed by atoms with Crippen molar-refractivity contribution in [3.05, 3.63) is 11.6 Å². The topological polar surface area (TPSA) is 107 Å². The number of ether oxygens (including phenoxy) is 6. The van der Waals surface area contributed by atoms with E-state index in [-0.39, 0.29) is 61.5 Å². The molecule has 3 saturated carbocycles. The number of hydrogen-bond acceptors (Lipinski definition) is 9. The van der Waals surface area contributed by atoms with E-state index in [0.717, 1.165) is 37.0 Å². The molecule has 3 fully saturated rings. The van der Waals surface area contributed by atoms with Crippen LogP contribution in [0.15, 0.2) is 11.6 Å². The molecule has 9 nitrogen and oxygen atoms in total. The second kappa shape index (κ2) is 20.8. The molecule has 0 amide bonds. The van der Waals surface area contributed by atoms with Gasteiger partial charge in [-0.25, -0.2) is 0 Å². The highest BCUT2D eigenvalue weighted by molar-refractivity contribution is 5.75. The standard InChI is InChI=1S/C47H80O9/c1-11-36(43(50)54-29-27-52-25-24-51-26-28-53-41(48)12-2)30-34(5)42(49)56-32-55-38-18-20-46(9)37(31-38)16-17-40-45(8)23-22-44(7,35(6)15-13-14-33(3)4)39(45)19-21-47(40,46)10/h16,33-36,38-40H,11-15,17-32H2,1-10H3/t34?,35-,36?,38?,39-,40+,44-,45-,46+,47+/m1/s1. The smallest absolute Gasteiger partial charge is 0.310 e. The Kier molecular flexibility index (Phi) is 17.4. The van der Waals surface area contributed by atoms with Crippen molar-refractivity contribution < 1.29 is 42.8 Å². The van der Waals surface area contributed by atoms with E-state index in [4.69, 9.17) is 28.4 Å². The molecule has 10 atom stereocenters. The molecule has 0 aromatic heterocycles. The molecule has 9 heteroatoms. The SMILES string of the molecule is CCC(=O)OCCOCCOCCOC(=O)C(CC)CC(C)C(=O)OCOC1CC[C@@]2(C)C(=CC[C@H]3[C@]4(C)CC[C@](C)([C@H](C)CCCC(C)C)[C@H]4CC[C@@]32C)C1. The van der Waals surface area contributed by atoms with Crippen LogP contribution in [0.2, 0.25) is 0 Å². The summed E-state index contributed by atoms with van der Waals surface area (Å²) in [6.45, 7) is 24.8. The lowest BCUT2D eigenvalue weighted by Gasteiger charge is -2.66. The molecule has 4 aliphatic carbocycles. The van der Waals surface area contributed by atoms with E-state index in [9.17, 15) is 14.4 Å². The van der Waals surface area contributed by atoms with Gasteiger partial charge in [0.05, 0.1) is 44.4 Å². The van der Waals surface area contributed by atoms with Gasteiger partial charge >= 0.3 is 17.9 Å². The zero-order chi connectivity index (χ0) is 41.1. The molecular formula is C47H80O9. The Hall–Kier alpha value is -1.97. The molecule has 0 bridgehead atoms. The van der Waals surface area contributed by atoms with Gasteiger partial charge in [-0.1, -0.05) is 100 Å². The van der Waals surface area contributed by atoms with Gasteiger partial charge in [0.15, 0.2) is 6.79 Å². The molecule has 4 aliphatic rings. The number of carbonyl (C=O) groups is 3. The van der Waals surface area contributed by atoms with Gasteiger partial charge < -0.3 is 28.4 Å². The summed E-state index contributed by atoms with van der Waals surface area (Å²) in [5.41, 5.74) is 2.86. The van der Waals surface area contributed by atoms with Crippen LogP contribution in [0, 0.1) is 57.2 Å². The van der Waals surface area contributed by atoms with E-state index in [1.165, 1.54) is 51.4 Å². The summed E-state index contributed by atoms with van der Waals surface area (Å²) in [5.74, 6) is 1.31. The van der Waals surface area contributed by atoms with Crippen LogP contribution in [0.4, 0.5) is 0 Å². The van der Waals surface area contributed by atoms with Crippen molar-refractivity contribution >= 4 is 17.9 Å². The first-order valence-electron chi connectivity index (χ1n) is 22.5. The number of hydrogen-bond donors (Lipinski definition) is 0. The fraction of sp³-hybridized carbons (Fsp3) is 0.894. The minimum Gasteiger partial charge on any atom is -0.463 e. The average Bonchev–Trinajstić information content (AvgIpc) is 3.45. The molecule has 0 aromatic rings. The van der Waals surface area contributed by atoms with Crippen molar-refractivity contribution in [2.75, 3.05) is 46.4 Å². The van der Waals surface area contributed by atoms with Crippen LogP contribution in [-0.2, 0) is 42.8 Å². The fourth-order valence-electron chi connectivity index (χ4n) is 11.8. The van der Waals surface area contributed by atoms with Crippen LogP contribution in [0.1, 0.15) is 159 Å². The predicted octanol–water partition coefficient (Wildman–Crippen LogP) is 10.3. The monoisotopic (exact) mass is 789 g/mol. The Morgan fingerprint density at radius 3 is 2.11 bits per heavy atom. The van der Waals surface area contributed by atoms with Crippen LogP contribution in [0.25, 0.3) is 0 Å². The number of rotatable bonds is 23. The second-order valence-corrected chi connectivity index (χ2v) is 19.4. The van der Waals surface area contributed by atoms with Gasteiger partial charge in [-0.05, 0) is 110 Å². The molecule has 0 saturated heterocycles. The van der Waals surface area contributed by atoms with E-state index in [1.807, 2.05) is 6.92 Å². The molecule has 0 heterocycles. The zero-order valence-electron chi connectivity index (χ0n) is 37.1. The lowest BCUT2D eigenvalue weighted by atomic mass is 9.39. The summed E-state index contributed by atoms with van der Waals surface area (Å²) in [6.07, 6.45) is 17.6. The molecule has 4 rings (SSSR count). The third-order valence-electron chi connectivity index (χ3n) is 15.8. The second-order valence-electron chi connectivity index (χ2n) is 19.4. The summed E-state index contributed by atoms with van der Waals surface area (Å²) in [5, 5.41) is 0. The van der Waals surface area contributed by atoms with Crippen molar-refractivity contribution in [3.63, 3.8) is 0 Å². The highest BCUT2D eigenvalue weighted by atomic mass is 16.7. The van der Waals surface area contributed by atoms with Gasteiger partial charge in [-0.3, -0.25) is 14.4 Å². The zero-order valence-corrected chi connectivity index (χ0v) is 37.1. The Morgan fingerprint density at radius 1 is 0.768 bits per heavy atom. The van der Waals surface area contributed by atoms with E-state index in [1.54, 1.807) is 19.4 Å². The first kappa shape index (κ1) is 46.7. The van der Waals surface area contributed by atoms with E-state index < -0.39 is 11.8 Å². The quantitative estimate of drug-likeness (QED) is 0.0329. The summed E-state index contributed by atoms with van der Waals surface area (Å²) >= 11 is 0. The number of esters is 3. The molecule has 0 aliphatic heterocycles. The summed E-state index contributed by atoms with van der Waals surface area (Å²) < 4.78 is 33.1. The average molecular weight is 789 g/mol.